The van der Waals surface area contributed by atoms with Crippen LogP contribution in [-0.2, 0) is 16.0 Å². The molecule has 0 saturated carbocycles. The Morgan fingerprint density at radius 2 is 1.74 bits per heavy atom. The number of carbonyl (C=O) groups excluding carboxylic acids is 2. The Morgan fingerprint density at radius 3 is 2.37 bits per heavy atom. The molecule has 0 aromatic heterocycles. The molecule has 144 valence electrons. The van der Waals surface area contributed by atoms with Crippen LogP contribution in [0.4, 0.5) is 10.5 Å². The number of hydrogen-bond acceptors (Lipinski definition) is 3. The molecule has 0 fully saturated rings. The van der Waals surface area contributed by atoms with Gasteiger partial charge in [0.25, 0.3) is 0 Å². The van der Waals surface area contributed by atoms with E-state index in [1.54, 1.807) is 39.0 Å². The van der Waals surface area contributed by atoms with Crippen LogP contribution in [-0.4, -0.2) is 23.6 Å². The van der Waals surface area contributed by atoms with Crippen LogP contribution in [0, 0.1) is 0 Å². The normalized spacial score (nSPS) is 12.2. The Kier molecular flexibility index (Phi) is 7.11. The zero-order valence-corrected chi connectivity index (χ0v) is 16.9. The highest BCUT2D eigenvalue weighted by atomic mass is 35.5. The smallest absolute Gasteiger partial charge is 0.408 e. The number of halogens is 2. The summed E-state index contributed by atoms with van der Waals surface area (Å²) in [6.45, 7) is 5.26. The lowest BCUT2D eigenvalue weighted by Gasteiger charge is -2.23. The van der Waals surface area contributed by atoms with Crippen molar-refractivity contribution < 1.29 is 14.3 Å². The number of benzene rings is 2. The lowest BCUT2D eigenvalue weighted by atomic mass is 10.1. The van der Waals surface area contributed by atoms with Crippen molar-refractivity contribution in [1.29, 1.82) is 0 Å². The number of hydrogen-bond donors (Lipinski definition) is 2. The Labute approximate surface area is 169 Å². The fourth-order valence-electron chi connectivity index (χ4n) is 2.32. The fraction of sp³-hybridized carbons (Fsp3) is 0.300. The van der Waals surface area contributed by atoms with Gasteiger partial charge in [0.1, 0.15) is 11.6 Å². The molecule has 0 unspecified atom stereocenters. The molecule has 2 aromatic rings. The van der Waals surface area contributed by atoms with Gasteiger partial charge in [-0.1, -0.05) is 53.5 Å². The van der Waals surface area contributed by atoms with E-state index in [0.717, 1.165) is 5.56 Å². The number of amides is 2. The molecule has 2 rings (SSSR count). The van der Waals surface area contributed by atoms with Crippen LogP contribution in [0.15, 0.2) is 48.5 Å². The van der Waals surface area contributed by atoms with Crippen molar-refractivity contribution in [2.45, 2.75) is 38.8 Å². The van der Waals surface area contributed by atoms with Crippen LogP contribution in [0.25, 0.3) is 0 Å². The molecule has 2 aromatic carbocycles. The summed E-state index contributed by atoms with van der Waals surface area (Å²) in [5, 5.41) is 6.13. The number of anilines is 1. The molecule has 0 aliphatic carbocycles. The molecule has 0 heterocycles. The quantitative estimate of drug-likeness (QED) is 0.725. The molecule has 5 nitrogen and oxygen atoms in total. The minimum atomic E-state index is -0.850. The summed E-state index contributed by atoms with van der Waals surface area (Å²) in [6, 6.07) is 13.3. The average molecular weight is 409 g/mol. The molecular weight excluding hydrogens is 387 g/mol. The van der Waals surface area contributed by atoms with Gasteiger partial charge in [0, 0.05) is 11.4 Å². The molecule has 2 N–H and O–H groups in total. The SMILES string of the molecule is CC(C)(C)OC(=O)N[C@@H](Cc1ccccc1)C(=O)Nc1cc(Cl)ccc1Cl. The van der Waals surface area contributed by atoms with E-state index < -0.39 is 23.6 Å². The van der Waals surface area contributed by atoms with Crippen molar-refractivity contribution in [3.63, 3.8) is 0 Å². The van der Waals surface area contributed by atoms with Crippen molar-refractivity contribution in [2.75, 3.05) is 5.32 Å². The predicted molar refractivity (Wildman–Crippen MR) is 108 cm³/mol. The molecule has 7 heteroatoms. The van der Waals surface area contributed by atoms with E-state index in [-0.39, 0.29) is 0 Å². The first kappa shape index (κ1) is 21.1. The first-order chi connectivity index (χ1) is 12.6. The summed E-state index contributed by atoms with van der Waals surface area (Å²) in [5.41, 5.74) is 0.595. The number of alkyl carbamates (subject to hydrolysis) is 1. The molecule has 0 spiro atoms. The number of nitrogens with one attached hydrogen (secondary N) is 2. The second-order valence-electron chi connectivity index (χ2n) is 7.00. The number of carbonyl (C=O) groups is 2. The summed E-state index contributed by atoms with van der Waals surface area (Å²) in [6.07, 6.45) is -0.375. The number of ether oxygens (including phenoxy) is 1. The second kappa shape index (κ2) is 9.11. The van der Waals surface area contributed by atoms with Crippen molar-refractivity contribution in [2.24, 2.45) is 0 Å². The van der Waals surface area contributed by atoms with Gasteiger partial charge in [0.15, 0.2) is 0 Å². The fourth-order valence-corrected chi connectivity index (χ4v) is 2.66. The van der Waals surface area contributed by atoms with Gasteiger partial charge in [-0.3, -0.25) is 4.79 Å². The monoisotopic (exact) mass is 408 g/mol. The molecule has 0 aliphatic rings. The first-order valence-electron chi connectivity index (χ1n) is 8.43. The van der Waals surface area contributed by atoms with Crippen LogP contribution >= 0.6 is 23.2 Å². The Balaban J connectivity index is 2.18. The standard InChI is InChI=1S/C20H22Cl2N2O3/c1-20(2,3)27-19(26)24-17(11-13-7-5-4-6-8-13)18(25)23-16-12-14(21)9-10-15(16)22/h4-10,12,17H,11H2,1-3H3,(H,23,25)(H,24,26)/t17-/m0/s1. The summed E-state index contributed by atoms with van der Waals surface area (Å²) in [4.78, 5) is 25.0. The van der Waals surface area contributed by atoms with E-state index in [9.17, 15) is 9.59 Å². The first-order valence-corrected chi connectivity index (χ1v) is 9.19. The zero-order chi connectivity index (χ0) is 20.0. The summed E-state index contributed by atoms with van der Waals surface area (Å²) >= 11 is 12.1. The van der Waals surface area contributed by atoms with Crippen molar-refractivity contribution >= 4 is 40.9 Å². The Bertz CT molecular complexity index is 805. The third-order valence-electron chi connectivity index (χ3n) is 3.48. The van der Waals surface area contributed by atoms with Crippen LogP contribution in [0.3, 0.4) is 0 Å². The predicted octanol–water partition coefficient (Wildman–Crippen LogP) is 5.07. The molecule has 0 bridgehead atoms. The van der Waals surface area contributed by atoms with Crippen molar-refractivity contribution in [3.05, 3.63) is 64.1 Å². The highest BCUT2D eigenvalue weighted by Crippen LogP contribution is 2.25. The Hall–Kier alpha value is -2.24. The van der Waals surface area contributed by atoms with Gasteiger partial charge in [-0.05, 0) is 44.5 Å². The maximum Gasteiger partial charge on any atom is 0.408 e. The van der Waals surface area contributed by atoms with Crippen LogP contribution in [0.5, 0.6) is 0 Å². The third-order valence-corrected chi connectivity index (χ3v) is 4.04. The summed E-state index contributed by atoms with van der Waals surface area (Å²) < 4.78 is 5.27. The van der Waals surface area contributed by atoms with E-state index >= 15 is 0 Å². The lowest BCUT2D eigenvalue weighted by molar-refractivity contribution is -0.118. The second-order valence-corrected chi connectivity index (χ2v) is 7.85. The molecule has 2 amide bonds. The lowest BCUT2D eigenvalue weighted by Crippen LogP contribution is -2.47. The highest BCUT2D eigenvalue weighted by Gasteiger charge is 2.25. The zero-order valence-electron chi connectivity index (χ0n) is 15.4. The third kappa shape index (κ3) is 7.12. The van der Waals surface area contributed by atoms with Gasteiger partial charge in [-0.25, -0.2) is 4.79 Å². The van der Waals surface area contributed by atoms with Gasteiger partial charge in [0.05, 0.1) is 10.7 Å². The van der Waals surface area contributed by atoms with E-state index in [4.69, 9.17) is 27.9 Å². The molecule has 27 heavy (non-hydrogen) atoms. The molecule has 0 radical (unpaired) electrons. The van der Waals surface area contributed by atoms with E-state index in [1.165, 1.54) is 0 Å². The van der Waals surface area contributed by atoms with Crippen LogP contribution in [0.1, 0.15) is 26.3 Å². The topological polar surface area (TPSA) is 67.4 Å². The van der Waals surface area contributed by atoms with Crippen molar-refractivity contribution in [1.82, 2.24) is 5.32 Å². The van der Waals surface area contributed by atoms with Gasteiger partial charge in [-0.15, -0.1) is 0 Å². The minimum Gasteiger partial charge on any atom is -0.444 e. The maximum atomic E-state index is 12.8. The van der Waals surface area contributed by atoms with Gasteiger partial charge < -0.3 is 15.4 Å². The maximum absolute atomic E-state index is 12.8. The summed E-state index contributed by atoms with van der Waals surface area (Å²) in [7, 11) is 0. The summed E-state index contributed by atoms with van der Waals surface area (Å²) in [5.74, 6) is -0.422. The minimum absolute atomic E-state index is 0.296. The molecular formula is C20H22Cl2N2O3. The number of rotatable bonds is 5. The highest BCUT2D eigenvalue weighted by molar-refractivity contribution is 6.35. The van der Waals surface area contributed by atoms with Gasteiger partial charge in [-0.2, -0.15) is 0 Å². The largest absolute Gasteiger partial charge is 0.444 e. The molecule has 1 atom stereocenters. The average Bonchev–Trinajstić information content (AvgIpc) is 2.57. The van der Waals surface area contributed by atoms with E-state index in [0.29, 0.717) is 22.2 Å². The van der Waals surface area contributed by atoms with Crippen LogP contribution in [0.2, 0.25) is 10.0 Å². The Morgan fingerprint density at radius 1 is 1.07 bits per heavy atom. The molecule has 0 saturated heterocycles. The van der Waals surface area contributed by atoms with Crippen LogP contribution < -0.4 is 10.6 Å². The van der Waals surface area contributed by atoms with Gasteiger partial charge >= 0.3 is 6.09 Å². The van der Waals surface area contributed by atoms with Crippen molar-refractivity contribution in [3.8, 4) is 0 Å². The van der Waals surface area contributed by atoms with E-state index in [2.05, 4.69) is 10.6 Å². The molecule has 0 aliphatic heterocycles. The van der Waals surface area contributed by atoms with E-state index in [1.807, 2.05) is 30.3 Å². The van der Waals surface area contributed by atoms with Gasteiger partial charge in [0.2, 0.25) is 5.91 Å².